The van der Waals surface area contributed by atoms with E-state index in [-0.39, 0.29) is 12.5 Å². The number of amides is 1. The summed E-state index contributed by atoms with van der Waals surface area (Å²) in [6.45, 7) is 3.74. The highest BCUT2D eigenvalue weighted by Crippen LogP contribution is 2.23. The highest BCUT2D eigenvalue weighted by Gasteiger charge is 2.44. The molecule has 9 heteroatoms. The number of unbranched alkanes of at least 4 members (excludes halogenated alkanes) is 31. The van der Waals surface area contributed by atoms with Gasteiger partial charge in [0, 0.05) is 6.42 Å². The van der Waals surface area contributed by atoms with Gasteiger partial charge in [0.2, 0.25) is 5.91 Å². The van der Waals surface area contributed by atoms with Crippen molar-refractivity contribution in [2.24, 2.45) is 0 Å². The quantitative estimate of drug-likeness (QED) is 0.0261. The van der Waals surface area contributed by atoms with Crippen LogP contribution in [0.3, 0.4) is 0 Å². The Hall–Kier alpha value is -2.89. The molecule has 1 heterocycles. The summed E-state index contributed by atoms with van der Waals surface area (Å²) in [6, 6.07) is -0.724. The van der Waals surface area contributed by atoms with E-state index >= 15 is 0 Å². The lowest BCUT2D eigenvalue weighted by Gasteiger charge is -2.40. The normalized spacial score (nSPS) is 19.1. The van der Waals surface area contributed by atoms with Crippen molar-refractivity contribution in [2.75, 3.05) is 13.2 Å². The molecule has 9 nitrogen and oxygen atoms in total. The van der Waals surface area contributed by atoms with Crippen LogP contribution in [0.5, 0.6) is 0 Å². The maximum Gasteiger partial charge on any atom is 0.220 e. The summed E-state index contributed by atoms with van der Waals surface area (Å²) in [5, 5.41) is 54.8. The van der Waals surface area contributed by atoms with E-state index in [0.717, 1.165) is 89.9 Å². The molecule has 80 heavy (non-hydrogen) atoms. The maximum atomic E-state index is 13.1. The lowest BCUT2D eigenvalue weighted by atomic mass is 9.99. The maximum absolute atomic E-state index is 13.1. The average Bonchev–Trinajstić information content (AvgIpc) is 3.46. The minimum Gasteiger partial charge on any atom is -0.394 e. The Bertz CT molecular complexity index is 1580. The van der Waals surface area contributed by atoms with Crippen molar-refractivity contribution in [3.8, 4) is 0 Å². The summed E-state index contributed by atoms with van der Waals surface area (Å²) in [5.74, 6) is -0.145. The number of nitrogens with one attached hydrogen (secondary N) is 1. The molecule has 462 valence electrons. The van der Waals surface area contributed by atoms with Crippen LogP contribution in [0.15, 0.2) is 97.2 Å². The smallest absolute Gasteiger partial charge is 0.220 e. The molecule has 1 amide bonds. The molecule has 6 N–H and O–H groups in total. The molecule has 7 atom stereocenters. The van der Waals surface area contributed by atoms with Gasteiger partial charge in [-0.2, -0.15) is 0 Å². The first-order chi connectivity index (χ1) is 39.3. The van der Waals surface area contributed by atoms with Crippen LogP contribution in [0.2, 0.25) is 0 Å². The van der Waals surface area contributed by atoms with Gasteiger partial charge in [0.25, 0.3) is 0 Å². The molecule has 1 aliphatic heterocycles. The van der Waals surface area contributed by atoms with E-state index in [4.69, 9.17) is 9.47 Å². The fourth-order valence-electron chi connectivity index (χ4n) is 10.2. The lowest BCUT2D eigenvalue weighted by Crippen LogP contribution is -2.60. The van der Waals surface area contributed by atoms with Crippen molar-refractivity contribution in [1.29, 1.82) is 0 Å². The van der Waals surface area contributed by atoms with E-state index in [1.165, 1.54) is 173 Å². The van der Waals surface area contributed by atoms with Crippen molar-refractivity contribution in [2.45, 2.75) is 333 Å². The van der Waals surface area contributed by atoms with Crippen LogP contribution in [0.4, 0.5) is 0 Å². The summed E-state index contributed by atoms with van der Waals surface area (Å²) in [5.41, 5.74) is 0. The summed E-state index contributed by atoms with van der Waals surface area (Å²) >= 11 is 0. The second-order valence-electron chi connectivity index (χ2n) is 22.9. The van der Waals surface area contributed by atoms with Crippen molar-refractivity contribution in [3.63, 3.8) is 0 Å². The van der Waals surface area contributed by atoms with Gasteiger partial charge in [-0.05, 0) is 77.0 Å². The first kappa shape index (κ1) is 75.1. The Morgan fingerprint density at radius 3 is 1.15 bits per heavy atom. The number of hydrogen-bond acceptors (Lipinski definition) is 8. The van der Waals surface area contributed by atoms with E-state index in [0.29, 0.717) is 12.8 Å². The van der Waals surface area contributed by atoms with Gasteiger partial charge in [-0.3, -0.25) is 4.79 Å². The monoisotopic (exact) mass is 1120 g/mol. The van der Waals surface area contributed by atoms with Gasteiger partial charge < -0.3 is 40.3 Å². The van der Waals surface area contributed by atoms with E-state index in [1.807, 2.05) is 0 Å². The predicted octanol–water partition coefficient (Wildman–Crippen LogP) is 17.9. The second kappa shape index (κ2) is 59.3. The minimum absolute atomic E-state index is 0.140. The van der Waals surface area contributed by atoms with Crippen LogP contribution in [0.25, 0.3) is 0 Å². The second-order valence-corrected chi connectivity index (χ2v) is 22.9. The van der Waals surface area contributed by atoms with Crippen LogP contribution in [-0.4, -0.2) is 87.5 Å². The highest BCUT2D eigenvalue weighted by atomic mass is 16.7. The molecule has 0 bridgehead atoms. The number of hydrogen-bond donors (Lipinski definition) is 6. The van der Waals surface area contributed by atoms with Gasteiger partial charge in [0.1, 0.15) is 24.4 Å². The van der Waals surface area contributed by atoms with Gasteiger partial charge in [0.05, 0.1) is 25.4 Å². The molecule has 7 unspecified atom stereocenters. The Morgan fingerprint density at radius 1 is 0.438 bits per heavy atom. The Morgan fingerprint density at radius 2 is 0.775 bits per heavy atom. The van der Waals surface area contributed by atoms with Crippen LogP contribution in [0.1, 0.15) is 290 Å². The minimum atomic E-state index is -1.56. The zero-order valence-corrected chi connectivity index (χ0v) is 51.6. The summed E-state index contributed by atoms with van der Waals surface area (Å²) in [7, 11) is 0. The molecular formula is C71H125NO8. The topological polar surface area (TPSA) is 149 Å². The third-order valence-electron chi connectivity index (χ3n) is 15.5. The van der Waals surface area contributed by atoms with Gasteiger partial charge in [-0.15, -0.1) is 0 Å². The van der Waals surface area contributed by atoms with Crippen LogP contribution in [0, 0.1) is 0 Å². The van der Waals surface area contributed by atoms with E-state index in [1.54, 1.807) is 0 Å². The van der Waals surface area contributed by atoms with Crippen molar-refractivity contribution in [1.82, 2.24) is 5.32 Å². The van der Waals surface area contributed by atoms with Crippen LogP contribution in [-0.2, 0) is 14.3 Å². The number of aliphatic hydroxyl groups is 5. The van der Waals surface area contributed by atoms with Crippen molar-refractivity contribution >= 4 is 5.91 Å². The first-order valence-electron chi connectivity index (χ1n) is 33.4. The highest BCUT2D eigenvalue weighted by molar-refractivity contribution is 5.76. The molecule has 0 aromatic carbocycles. The van der Waals surface area contributed by atoms with Crippen LogP contribution < -0.4 is 5.32 Å². The average molecular weight is 1120 g/mol. The van der Waals surface area contributed by atoms with Gasteiger partial charge >= 0.3 is 0 Å². The Balaban J connectivity index is 2.10. The third-order valence-corrected chi connectivity index (χ3v) is 15.5. The summed E-state index contributed by atoms with van der Waals surface area (Å²) in [4.78, 5) is 13.1. The molecule has 0 aromatic rings. The number of rotatable bonds is 57. The molecule has 1 fully saturated rings. The molecule has 0 radical (unpaired) electrons. The van der Waals surface area contributed by atoms with Crippen molar-refractivity contribution < 1.29 is 39.8 Å². The van der Waals surface area contributed by atoms with E-state index < -0.39 is 49.5 Å². The molecule has 0 aliphatic carbocycles. The molecule has 0 aromatic heterocycles. The standard InChI is InChI=1S/C71H125NO8/c1-3-5-7-9-11-13-15-17-19-21-23-24-25-26-27-28-29-30-31-32-33-34-35-36-37-38-39-40-41-42-43-45-47-49-51-53-55-57-59-61-67(75)72-64(63-79-71-70(78)69(77)68(76)66(62-73)80-71)65(74)60-58-56-54-52-50-48-46-44-22-20-18-16-14-12-10-8-6-4-2/h5,7,11,13,17,19,23-24,26-27,29-30,32-33,35-36,64-66,68-71,73-74,76-78H,3-4,6,8-10,12,14-16,18,20-22,25,28,31,34,37-63H2,1-2H3,(H,72,75)/b7-5-,13-11-,19-17-,24-23-,27-26-,30-29-,33-32-,36-35-. The SMILES string of the molecule is CC/C=C\C/C=C\C/C=C\C/C=C\C/C=C\C/C=C\C/C=C\C/C=C\CCCCCCCCCCCCCCCCC(=O)NC(COC1OC(CO)C(O)C(O)C1O)C(O)CCCCCCCCCCCCCCCCCCCC. The third kappa shape index (κ3) is 47.6. The first-order valence-corrected chi connectivity index (χ1v) is 33.4. The van der Waals surface area contributed by atoms with Gasteiger partial charge in [0.15, 0.2) is 6.29 Å². The summed E-state index contributed by atoms with van der Waals surface area (Å²) < 4.78 is 11.3. The lowest BCUT2D eigenvalue weighted by molar-refractivity contribution is -0.302. The molecule has 1 aliphatic rings. The fraction of sp³-hybridized carbons (Fsp3) is 0.761. The Kier molecular flexibility index (Phi) is 55.7. The number of carbonyl (C=O) groups is 1. The number of aliphatic hydroxyl groups excluding tert-OH is 5. The predicted molar refractivity (Wildman–Crippen MR) is 341 cm³/mol. The summed E-state index contributed by atoms with van der Waals surface area (Å²) in [6.07, 6.45) is 78.8. The van der Waals surface area contributed by atoms with Crippen LogP contribution >= 0.6 is 0 Å². The van der Waals surface area contributed by atoms with Crippen molar-refractivity contribution in [3.05, 3.63) is 97.2 Å². The van der Waals surface area contributed by atoms with E-state index in [9.17, 15) is 30.3 Å². The molecular weight excluding hydrogens is 995 g/mol. The number of allylic oxidation sites excluding steroid dienone is 16. The van der Waals surface area contributed by atoms with E-state index in [2.05, 4.69) is 116 Å². The molecule has 1 rings (SSSR count). The fourth-order valence-corrected chi connectivity index (χ4v) is 10.2. The van der Waals surface area contributed by atoms with Gasteiger partial charge in [-0.25, -0.2) is 0 Å². The molecule has 0 spiro atoms. The zero-order valence-electron chi connectivity index (χ0n) is 51.6. The number of carbonyl (C=O) groups excluding carboxylic acids is 1. The Labute approximate surface area is 492 Å². The largest absolute Gasteiger partial charge is 0.394 e. The number of ether oxygens (including phenoxy) is 2. The molecule has 1 saturated heterocycles. The molecule has 0 saturated carbocycles. The van der Waals surface area contributed by atoms with Gasteiger partial charge in [-0.1, -0.05) is 304 Å². The zero-order chi connectivity index (χ0) is 57.9.